The van der Waals surface area contributed by atoms with Crippen molar-refractivity contribution in [2.75, 3.05) is 31.0 Å². The van der Waals surface area contributed by atoms with Gasteiger partial charge in [0.15, 0.2) is 18.1 Å². The number of nitrogens with zero attached hydrogens (tertiary/aromatic N) is 1. The molecule has 3 N–H and O–H groups in total. The summed E-state index contributed by atoms with van der Waals surface area (Å²) >= 11 is 3.43. The van der Waals surface area contributed by atoms with Crippen molar-refractivity contribution < 1.29 is 28.6 Å². The number of nitrogens with one attached hydrogen (secondary N) is 3. The number of amides is 3. The highest BCUT2D eigenvalue weighted by atomic mass is 79.9. The van der Waals surface area contributed by atoms with Crippen LogP contribution >= 0.6 is 15.9 Å². The topological polar surface area (TPSA) is 127 Å². The molecule has 0 aliphatic heterocycles. The highest BCUT2D eigenvalue weighted by Crippen LogP contribution is 2.36. The highest BCUT2D eigenvalue weighted by molar-refractivity contribution is 9.10. The fourth-order valence-electron chi connectivity index (χ4n) is 3.90. The van der Waals surface area contributed by atoms with Gasteiger partial charge in [0.1, 0.15) is 5.75 Å². The molecule has 0 atom stereocenters. The molecule has 216 valence electrons. The van der Waals surface area contributed by atoms with Crippen molar-refractivity contribution in [2.45, 2.75) is 34.1 Å². The van der Waals surface area contributed by atoms with Gasteiger partial charge in [-0.15, -0.1) is 0 Å². The number of aryl methyl sites for hydroxylation is 3. The van der Waals surface area contributed by atoms with Crippen LogP contribution in [0.5, 0.6) is 17.2 Å². The lowest BCUT2D eigenvalue weighted by molar-refractivity contribution is -0.136. The van der Waals surface area contributed by atoms with Gasteiger partial charge in [0.05, 0.1) is 24.4 Å². The molecule has 0 fully saturated rings. The molecule has 0 saturated carbocycles. The van der Waals surface area contributed by atoms with Gasteiger partial charge in [-0.1, -0.05) is 24.6 Å². The molecule has 3 rings (SSSR count). The Labute approximate surface area is 247 Å². The van der Waals surface area contributed by atoms with E-state index in [1.54, 1.807) is 36.4 Å². The maximum atomic E-state index is 12.6. The zero-order valence-electron chi connectivity index (χ0n) is 23.6. The Morgan fingerprint density at radius 2 is 1.61 bits per heavy atom. The van der Waals surface area contributed by atoms with Crippen LogP contribution in [0.3, 0.4) is 0 Å². The SMILES string of the molecule is CCCOc1ccc(NC(=O)C(=O)N/N=C\c2cc(Br)c(OCC(=O)Nc3c(C)cc(C)cc3C)c(OC)c2)cc1. The number of hydrogen-bond acceptors (Lipinski definition) is 7. The number of hydrazone groups is 1. The molecule has 0 radical (unpaired) electrons. The minimum atomic E-state index is -0.941. The number of ether oxygens (including phenoxy) is 3. The second-order valence-corrected chi connectivity index (χ2v) is 10.0. The van der Waals surface area contributed by atoms with Crippen LogP contribution in [0.2, 0.25) is 0 Å². The van der Waals surface area contributed by atoms with Gasteiger partial charge in [-0.3, -0.25) is 14.4 Å². The number of benzene rings is 3. The number of halogens is 1. The quantitative estimate of drug-likeness (QED) is 0.151. The molecule has 0 aliphatic carbocycles. The standard InChI is InChI=1S/C30H33BrN4O6/c1-6-11-40-23-9-7-22(8-10-23)33-29(37)30(38)35-32-16-21-14-24(31)28(25(15-21)39-5)41-17-26(36)34-27-19(3)12-18(2)13-20(27)4/h7-10,12-16H,6,11,17H2,1-5H3,(H,33,37)(H,34,36)(H,35,38)/b32-16-. The molecule has 0 unspecified atom stereocenters. The van der Waals surface area contributed by atoms with Gasteiger partial charge in [0.2, 0.25) is 0 Å². The molecule has 11 heteroatoms. The van der Waals surface area contributed by atoms with E-state index in [9.17, 15) is 14.4 Å². The van der Waals surface area contributed by atoms with Crippen molar-refractivity contribution in [3.05, 3.63) is 75.3 Å². The van der Waals surface area contributed by atoms with Crippen molar-refractivity contribution >= 4 is 51.2 Å². The predicted octanol–water partition coefficient (Wildman–Crippen LogP) is 5.28. The summed E-state index contributed by atoms with van der Waals surface area (Å²) < 4.78 is 17.2. The third-order valence-electron chi connectivity index (χ3n) is 5.71. The lowest BCUT2D eigenvalue weighted by Crippen LogP contribution is -2.32. The lowest BCUT2D eigenvalue weighted by Gasteiger charge is -2.15. The van der Waals surface area contributed by atoms with E-state index >= 15 is 0 Å². The molecule has 41 heavy (non-hydrogen) atoms. The second kappa shape index (κ2) is 14.8. The first-order chi connectivity index (χ1) is 19.6. The van der Waals surface area contributed by atoms with E-state index in [-0.39, 0.29) is 12.5 Å². The van der Waals surface area contributed by atoms with E-state index in [2.05, 4.69) is 37.1 Å². The van der Waals surface area contributed by atoms with Gasteiger partial charge in [0.25, 0.3) is 5.91 Å². The normalized spacial score (nSPS) is 10.7. The molecule has 0 aromatic heterocycles. The molecule has 0 spiro atoms. The smallest absolute Gasteiger partial charge is 0.329 e. The Morgan fingerprint density at radius 3 is 2.24 bits per heavy atom. The number of anilines is 2. The highest BCUT2D eigenvalue weighted by Gasteiger charge is 2.16. The van der Waals surface area contributed by atoms with E-state index in [0.717, 1.165) is 28.8 Å². The van der Waals surface area contributed by atoms with E-state index in [1.165, 1.54) is 13.3 Å². The van der Waals surface area contributed by atoms with Crippen LogP contribution in [0.15, 0.2) is 58.1 Å². The predicted molar refractivity (Wildman–Crippen MR) is 162 cm³/mol. The fourth-order valence-corrected chi connectivity index (χ4v) is 4.48. The van der Waals surface area contributed by atoms with Crippen LogP contribution in [0, 0.1) is 20.8 Å². The van der Waals surface area contributed by atoms with E-state index in [4.69, 9.17) is 14.2 Å². The van der Waals surface area contributed by atoms with Gasteiger partial charge in [0, 0.05) is 11.4 Å². The van der Waals surface area contributed by atoms with Gasteiger partial charge < -0.3 is 24.8 Å². The zero-order chi connectivity index (χ0) is 29.9. The van der Waals surface area contributed by atoms with Crippen LogP contribution < -0.4 is 30.3 Å². The molecular formula is C30H33BrN4O6. The molecular weight excluding hydrogens is 592 g/mol. The summed E-state index contributed by atoms with van der Waals surface area (Å²) in [4.78, 5) is 37.0. The molecule has 0 bridgehead atoms. The summed E-state index contributed by atoms with van der Waals surface area (Å²) in [6.45, 7) is 8.24. The van der Waals surface area contributed by atoms with Gasteiger partial charge in [-0.05, 0) is 96.2 Å². The maximum absolute atomic E-state index is 12.6. The van der Waals surface area contributed by atoms with Crippen molar-refractivity contribution in [3.63, 3.8) is 0 Å². The van der Waals surface area contributed by atoms with E-state index < -0.39 is 11.8 Å². The molecule has 0 heterocycles. The summed E-state index contributed by atoms with van der Waals surface area (Å²) in [6.07, 6.45) is 2.23. The third kappa shape index (κ3) is 9.07. The van der Waals surface area contributed by atoms with Gasteiger partial charge in [-0.2, -0.15) is 5.10 Å². The molecule has 3 aromatic carbocycles. The minimum absolute atomic E-state index is 0.241. The molecule has 3 amide bonds. The second-order valence-electron chi connectivity index (χ2n) is 9.17. The zero-order valence-corrected chi connectivity index (χ0v) is 25.2. The average Bonchev–Trinajstić information content (AvgIpc) is 2.93. The number of methoxy groups -OCH3 is 1. The molecule has 10 nitrogen and oxygen atoms in total. The van der Waals surface area contributed by atoms with Crippen LogP contribution in [-0.4, -0.2) is 44.3 Å². The van der Waals surface area contributed by atoms with Crippen LogP contribution in [0.1, 0.15) is 35.6 Å². The van der Waals surface area contributed by atoms with Crippen molar-refractivity contribution in [2.24, 2.45) is 5.10 Å². The summed E-state index contributed by atoms with van der Waals surface area (Å²) in [5.41, 5.74) is 6.99. The van der Waals surface area contributed by atoms with Gasteiger partial charge in [-0.25, -0.2) is 5.43 Å². The van der Waals surface area contributed by atoms with Crippen molar-refractivity contribution in [1.82, 2.24) is 5.43 Å². The first kappa shape index (κ1) is 31.2. The Kier molecular flexibility index (Phi) is 11.3. The Balaban J connectivity index is 1.56. The van der Waals surface area contributed by atoms with Crippen molar-refractivity contribution in [3.8, 4) is 17.2 Å². The van der Waals surface area contributed by atoms with Gasteiger partial charge >= 0.3 is 11.8 Å². The largest absolute Gasteiger partial charge is 0.494 e. The molecule has 0 saturated heterocycles. The first-order valence-electron chi connectivity index (χ1n) is 12.9. The Hall–Kier alpha value is -4.38. The summed E-state index contributed by atoms with van der Waals surface area (Å²) in [5.74, 6) is -0.794. The summed E-state index contributed by atoms with van der Waals surface area (Å²) in [7, 11) is 1.46. The number of carbonyl (C=O) groups excluding carboxylic acids is 3. The summed E-state index contributed by atoms with van der Waals surface area (Å²) in [5, 5.41) is 9.25. The Bertz CT molecular complexity index is 1420. The average molecular weight is 626 g/mol. The third-order valence-corrected chi connectivity index (χ3v) is 6.30. The van der Waals surface area contributed by atoms with E-state index in [0.29, 0.717) is 39.6 Å². The first-order valence-corrected chi connectivity index (χ1v) is 13.7. The summed E-state index contributed by atoms with van der Waals surface area (Å²) in [6, 6.07) is 14.0. The number of hydrogen-bond donors (Lipinski definition) is 3. The molecule has 3 aromatic rings. The fraction of sp³-hybridized carbons (Fsp3) is 0.267. The number of carbonyl (C=O) groups is 3. The number of rotatable bonds is 11. The van der Waals surface area contributed by atoms with E-state index in [1.807, 2.05) is 39.8 Å². The van der Waals surface area contributed by atoms with Crippen LogP contribution in [0.25, 0.3) is 0 Å². The molecule has 0 aliphatic rings. The monoisotopic (exact) mass is 624 g/mol. The lowest BCUT2D eigenvalue weighted by atomic mass is 10.1. The minimum Gasteiger partial charge on any atom is -0.494 e. The maximum Gasteiger partial charge on any atom is 0.329 e. The van der Waals surface area contributed by atoms with Crippen molar-refractivity contribution in [1.29, 1.82) is 0 Å². The van der Waals surface area contributed by atoms with Crippen LogP contribution in [0.4, 0.5) is 11.4 Å². The van der Waals surface area contributed by atoms with Crippen LogP contribution in [-0.2, 0) is 14.4 Å². The Morgan fingerprint density at radius 1 is 0.927 bits per heavy atom.